The Morgan fingerprint density at radius 1 is 1.38 bits per heavy atom. The lowest BCUT2D eigenvalue weighted by Gasteiger charge is -1.98. The van der Waals surface area contributed by atoms with Crippen LogP contribution in [-0.2, 0) is 6.42 Å². The van der Waals surface area contributed by atoms with E-state index in [4.69, 9.17) is 23.2 Å². The molecule has 0 unspecified atom stereocenters. The van der Waals surface area contributed by atoms with Crippen molar-refractivity contribution in [2.75, 3.05) is 0 Å². The summed E-state index contributed by atoms with van der Waals surface area (Å²) >= 11 is 13.3. The van der Waals surface area contributed by atoms with Crippen molar-refractivity contribution in [3.05, 3.63) is 27.2 Å². The zero-order chi connectivity index (χ0) is 9.42. The molecule has 0 saturated carbocycles. The maximum absolute atomic E-state index is 5.97. The number of hydrogen-bond donors (Lipinski definition) is 0. The van der Waals surface area contributed by atoms with Crippen molar-refractivity contribution in [1.29, 1.82) is 0 Å². The molecule has 0 N–H and O–H groups in total. The predicted molar refractivity (Wildman–Crippen MR) is 59.0 cm³/mol. The molecule has 1 nitrogen and oxygen atoms in total. The van der Waals surface area contributed by atoms with Crippen molar-refractivity contribution in [2.24, 2.45) is 0 Å². The van der Waals surface area contributed by atoms with Crippen LogP contribution in [0.3, 0.4) is 0 Å². The first-order chi connectivity index (χ1) is 6.20. The summed E-state index contributed by atoms with van der Waals surface area (Å²) in [4.78, 5) is 5.18. The van der Waals surface area contributed by atoms with E-state index in [-0.39, 0.29) is 0 Å². The van der Waals surface area contributed by atoms with E-state index in [1.165, 1.54) is 11.3 Å². The smallest absolute Gasteiger partial charge is 0.133 e. The molecule has 13 heavy (non-hydrogen) atoms. The van der Waals surface area contributed by atoms with E-state index in [1.54, 1.807) is 0 Å². The van der Waals surface area contributed by atoms with E-state index in [1.807, 2.05) is 12.1 Å². The van der Waals surface area contributed by atoms with Crippen molar-refractivity contribution in [2.45, 2.75) is 13.3 Å². The molecular formula is C9H7Cl2NS. The molecule has 0 aliphatic carbocycles. The van der Waals surface area contributed by atoms with Gasteiger partial charge in [0.15, 0.2) is 0 Å². The van der Waals surface area contributed by atoms with Crippen molar-refractivity contribution >= 4 is 44.8 Å². The molecule has 68 valence electrons. The van der Waals surface area contributed by atoms with Crippen LogP contribution in [0, 0.1) is 0 Å². The minimum absolute atomic E-state index is 0.591. The second kappa shape index (κ2) is 3.45. The van der Waals surface area contributed by atoms with E-state index in [9.17, 15) is 0 Å². The molecular weight excluding hydrogens is 225 g/mol. The summed E-state index contributed by atoms with van der Waals surface area (Å²) < 4.78 is 0.756. The number of hydrogen-bond acceptors (Lipinski definition) is 2. The van der Waals surface area contributed by atoms with Gasteiger partial charge in [0.25, 0.3) is 0 Å². The molecule has 2 aromatic rings. The number of aryl methyl sites for hydroxylation is 1. The first-order valence-corrected chi connectivity index (χ1v) is 5.52. The summed E-state index contributed by atoms with van der Waals surface area (Å²) in [5.41, 5.74) is 1.07. The Morgan fingerprint density at radius 3 is 2.85 bits per heavy atom. The molecule has 0 atom stereocenters. The van der Waals surface area contributed by atoms with Gasteiger partial charge in [0, 0.05) is 5.39 Å². The van der Waals surface area contributed by atoms with Gasteiger partial charge in [-0.05, 0) is 24.1 Å². The maximum Gasteiger partial charge on any atom is 0.133 e. The lowest BCUT2D eigenvalue weighted by Crippen LogP contribution is -1.84. The van der Waals surface area contributed by atoms with Gasteiger partial charge in [0.1, 0.15) is 9.98 Å². The Labute approximate surface area is 90.3 Å². The van der Waals surface area contributed by atoms with Gasteiger partial charge >= 0.3 is 0 Å². The first kappa shape index (κ1) is 9.25. The van der Waals surface area contributed by atoms with Gasteiger partial charge in [-0.3, -0.25) is 0 Å². The molecule has 2 heterocycles. The fourth-order valence-corrected chi connectivity index (χ4v) is 2.61. The second-order valence-electron chi connectivity index (χ2n) is 2.74. The Kier molecular flexibility index (Phi) is 2.45. The summed E-state index contributed by atoms with van der Waals surface area (Å²) in [6.07, 6.45) is 0.898. The average Bonchev–Trinajstić information content (AvgIpc) is 2.42. The molecule has 0 amide bonds. The highest BCUT2D eigenvalue weighted by atomic mass is 35.5. The number of halogens is 2. The number of nitrogens with zero attached hydrogens (tertiary/aromatic N) is 1. The zero-order valence-electron chi connectivity index (χ0n) is 6.97. The van der Waals surface area contributed by atoms with Crippen LogP contribution >= 0.6 is 34.5 Å². The molecule has 2 aromatic heterocycles. The van der Waals surface area contributed by atoms with E-state index in [0.717, 1.165) is 26.5 Å². The predicted octanol–water partition coefficient (Wildman–Crippen LogP) is 4.17. The third-order valence-corrected chi connectivity index (χ3v) is 3.39. The van der Waals surface area contributed by atoms with Crippen LogP contribution in [0.4, 0.5) is 0 Å². The molecule has 0 aliphatic rings. The number of thiophene rings is 1. The standard InChI is InChI=1S/C9H7Cl2NS/c1-2-5-3-6-4-7(10)13-9(6)12-8(5)11/h3-4H,2H2,1H3. The summed E-state index contributed by atoms with van der Waals surface area (Å²) in [7, 11) is 0. The Bertz CT molecular complexity index is 450. The van der Waals surface area contributed by atoms with Crippen molar-refractivity contribution in [3.63, 3.8) is 0 Å². The number of rotatable bonds is 1. The molecule has 4 heteroatoms. The Hall–Kier alpha value is -0.310. The van der Waals surface area contributed by atoms with Gasteiger partial charge in [-0.25, -0.2) is 4.98 Å². The van der Waals surface area contributed by atoms with Crippen LogP contribution in [-0.4, -0.2) is 4.98 Å². The molecule has 0 saturated heterocycles. The lowest BCUT2D eigenvalue weighted by molar-refractivity contribution is 1.12. The van der Waals surface area contributed by atoms with Crippen molar-refractivity contribution < 1.29 is 0 Å². The SMILES string of the molecule is CCc1cc2cc(Cl)sc2nc1Cl. The van der Waals surface area contributed by atoms with Crippen LogP contribution in [0.15, 0.2) is 12.1 Å². The van der Waals surface area contributed by atoms with Gasteiger partial charge in [0.05, 0.1) is 4.34 Å². The van der Waals surface area contributed by atoms with Crippen LogP contribution in [0.1, 0.15) is 12.5 Å². The third kappa shape index (κ3) is 1.66. The quantitative estimate of drug-likeness (QED) is 0.672. The number of aromatic nitrogens is 1. The highest BCUT2D eigenvalue weighted by molar-refractivity contribution is 7.22. The van der Waals surface area contributed by atoms with Crippen molar-refractivity contribution in [3.8, 4) is 0 Å². The van der Waals surface area contributed by atoms with E-state index in [2.05, 4.69) is 11.9 Å². The molecule has 0 spiro atoms. The normalized spacial score (nSPS) is 11.0. The third-order valence-electron chi connectivity index (χ3n) is 1.89. The molecule has 0 aliphatic heterocycles. The molecule has 0 bridgehead atoms. The Morgan fingerprint density at radius 2 is 2.15 bits per heavy atom. The summed E-state index contributed by atoms with van der Waals surface area (Å²) in [6.45, 7) is 2.06. The monoisotopic (exact) mass is 231 g/mol. The highest BCUT2D eigenvalue weighted by Crippen LogP contribution is 2.30. The van der Waals surface area contributed by atoms with Crippen LogP contribution in [0.25, 0.3) is 10.2 Å². The molecule has 0 fully saturated rings. The van der Waals surface area contributed by atoms with Crippen LogP contribution < -0.4 is 0 Å². The fraction of sp³-hybridized carbons (Fsp3) is 0.222. The minimum atomic E-state index is 0.591. The van der Waals surface area contributed by atoms with E-state index in [0.29, 0.717) is 5.15 Å². The van der Waals surface area contributed by atoms with Gasteiger partial charge in [-0.2, -0.15) is 0 Å². The number of fused-ring (bicyclic) bond motifs is 1. The second-order valence-corrected chi connectivity index (χ2v) is 4.76. The Balaban J connectivity index is 2.72. The van der Waals surface area contributed by atoms with E-state index < -0.39 is 0 Å². The van der Waals surface area contributed by atoms with Crippen molar-refractivity contribution in [1.82, 2.24) is 4.98 Å². The van der Waals surface area contributed by atoms with Crippen LogP contribution in [0.2, 0.25) is 9.49 Å². The van der Waals surface area contributed by atoms with Crippen LogP contribution in [0.5, 0.6) is 0 Å². The fourth-order valence-electron chi connectivity index (χ4n) is 1.21. The average molecular weight is 232 g/mol. The minimum Gasteiger partial charge on any atom is -0.225 e. The number of pyridine rings is 1. The van der Waals surface area contributed by atoms with E-state index >= 15 is 0 Å². The maximum atomic E-state index is 5.97. The summed E-state index contributed by atoms with van der Waals surface area (Å²) in [5.74, 6) is 0. The van der Waals surface area contributed by atoms with Gasteiger partial charge in [-0.15, -0.1) is 11.3 Å². The first-order valence-electron chi connectivity index (χ1n) is 3.95. The molecule has 2 rings (SSSR count). The highest BCUT2D eigenvalue weighted by Gasteiger charge is 2.05. The lowest BCUT2D eigenvalue weighted by atomic mass is 10.2. The zero-order valence-corrected chi connectivity index (χ0v) is 9.30. The molecule has 0 aromatic carbocycles. The largest absolute Gasteiger partial charge is 0.225 e. The van der Waals surface area contributed by atoms with Gasteiger partial charge in [-0.1, -0.05) is 30.1 Å². The summed E-state index contributed by atoms with van der Waals surface area (Å²) in [6, 6.07) is 3.97. The van der Waals surface area contributed by atoms with Gasteiger partial charge < -0.3 is 0 Å². The molecule has 0 radical (unpaired) electrons. The van der Waals surface area contributed by atoms with Gasteiger partial charge in [0.2, 0.25) is 0 Å². The topological polar surface area (TPSA) is 12.9 Å². The summed E-state index contributed by atoms with van der Waals surface area (Å²) in [5, 5.41) is 1.67.